The monoisotopic (exact) mass is 317 g/mol. The van der Waals surface area contributed by atoms with E-state index in [2.05, 4.69) is 15.9 Å². The zero-order chi connectivity index (χ0) is 13.7. The summed E-state index contributed by atoms with van der Waals surface area (Å²) in [6, 6.07) is 19.7. The van der Waals surface area contributed by atoms with Crippen molar-refractivity contribution in [3.63, 3.8) is 0 Å². The van der Waals surface area contributed by atoms with Gasteiger partial charge in [0.05, 0.1) is 0 Å². The maximum atomic E-state index is 12.3. The number of alkyl halides is 1. The van der Waals surface area contributed by atoms with Gasteiger partial charge in [-0.1, -0.05) is 76.6 Å². The average Bonchev–Trinajstić information content (AvgIpc) is 2.47. The Bertz CT molecular complexity index is 527. The molecule has 0 bridgehead atoms. The highest BCUT2D eigenvalue weighted by atomic mass is 79.9. The van der Waals surface area contributed by atoms with E-state index in [0.29, 0.717) is 6.54 Å². The average molecular weight is 318 g/mol. The van der Waals surface area contributed by atoms with E-state index in [9.17, 15) is 4.79 Å². The summed E-state index contributed by atoms with van der Waals surface area (Å²) in [5.74, 6) is 0.0649. The Balaban J connectivity index is 2.03. The molecular weight excluding hydrogens is 302 g/mol. The molecule has 0 heterocycles. The van der Waals surface area contributed by atoms with Gasteiger partial charge in [0, 0.05) is 13.6 Å². The van der Waals surface area contributed by atoms with E-state index in [1.54, 1.807) is 4.90 Å². The molecule has 0 saturated carbocycles. The van der Waals surface area contributed by atoms with Gasteiger partial charge >= 0.3 is 0 Å². The number of carbonyl (C=O) groups is 1. The predicted octanol–water partition coefficient (Wildman–Crippen LogP) is 3.78. The number of nitrogens with zero attached hydrogens (tertiary/aromatic N) is 1. The lowest BCUT2D eigenvalue weighted by Crippen LogP contribution is -2.29. The van der Waals surface area contributed by atoms with Crippen LogP contribution >= 0.6 is 15.9 Å². The Hall–Kier alpha value is -1.61. The fraction of sp³-hybridized carbons (Fsp3) is 0.188. The van der Waals surface area contributed by atoms with E-state index in [4.69, 9.17) is 0 Å². The van der Waals surface area contributed by atoms with Crippen LogP contribution in [0.4, 0.5) is 0 Å². The van der Waals surface area contributed by atoms with Gasteiger partial charge in [-0.3, -0.25) is 4.79 Å². The zero-order valence-electron chi connectivity index (χ0n) is 10.8. The van der Waals surface area contributed by atoms with Crippen LogP contribution in [0.25, 0.3) is 0 Å². The molecule has 0 saturated heterocycles. The minimum atomic E-state index is -0.289. The molecule has 1 unspecified atom stereocenters. The van der Waals surface area contributed by atoms with Gasteiger partial charge in [-0.05, 0) is 11.1 Å². The van der Waals surface area contributed by atoms with Crippen molar-refractivity contribution in [1.82, 2.24) is 4.90 Å². The Morgan fingerprint density at radius 3 is 2.16 bits per heavy atom. The topological polar surface area (TPSA) is 20.3 Å². The number of benzene rings is 2. The third-order valence-electron chi connectivity index (χ3n) is 2.95. The number of hydrogen-bond donors (Lipinski definition) is 0. The quantitative estimate of drug-likeness (QED) is 0.786. The molecule has 0 aromatic heterocycles. The molecule has 0 fully saturated rings. The molecule has 0 aliphatic carbocycles. The van der Waals surface area contributed by atoms with Crippen molar-refractivity contribution in [2.24, 2.45) is 0 Å². The lowest BCUT2D eigenvalue weighted by atomic mass is 10.1. The van der Waals surface area contributed by atoms with Gasteiger partial charge < -0.3 is 4.90 Å². The van der Waals surface area contributed by atoms with Crippen LogP contribution in [0.15, 0.2) is 60.7 Å². The first-order valence-electron chi connectivity index (χ1n) is 6.16. The van der Waals surface area contributed by atoms with Crippen LogP contribution in [0.2, 0.25) is 0 Å². The second kappa shape index (κ2) is 6.53. The summed E-state index contributed by atoms with van der Waals surface area (Å²) in [7, 11) is 1.83. The van der Waals surface area contributed by atoms with E-state index < -0.39 is 0 Å². The highest BCUT2D eigenvalue weighted by Gasteiger charge is 2.20. The van der Waals surface area contributed by atoms with Crippen molar-refractivity contribution < 1.29 is 4.79 Å². The molecule has 0 spiro atoms. The van der Waals surface area contributed by atoms with Gasteiger partial charge in [0.1, 0.15) is 4.83 Å². The lowest BCUT2D eigenvalue weighted by Gasteiger charge is -2.20. The van der Waals surface area contributed by atoms with Crippen molar-refractivity contribution in [2.75, 3.05) is 7.05 Å². The zero-order valence-corrected chi connectivity index (χ0v) is 12.4. The number of likely N-dealkylation sites (N-methyl/N-ethyl adjacent to an activating group) is 1. The van der Waals surface area contributed by atoms with Crippen molar-refractivity contribution in [3.8, 4) is 0 Å². The molecule has 0 aliphatic heterocycles. The second-order valence-electron chi connectivity index (χ2n) is 4.45. The van der Waals surface area contributed by atoms with Crippen molar-refractivity contribution in [1.29, 1.82) is 0 Å². The van der Waals surface area contributed by atoms with Gasteiger partial charge in [-0.25, -0.2) is 0 Å². The number of amides is 1. The summed E-state index contributed by atoms with van der Waals surface area (Å²) >= 11 is 3.47. The highest BCUT2D eigenvalue weighted by Crippen LogP contribution is 2.24. The van der Waals surface area contributed by atoms with E-state index >= 15 is 0 Å². The third kappa shape index (κ3) is 3.67. The summed E-state index contributed by atoms with van der Waals surface area (Å²) in [6.45, 7) is 0.620. The van der Waals surface area contributed by atoms with Gasteiger partial charge in [0.25, 0.3) is 0 Å². The number of halogens is 1. The molecule has 2 rings (SSSR count). The van der Waals surface area contributed by atoms with Crippen LogP contribution in [0.1, 0.15) is 16.0 Å². The van der Waals surface area contributed by atoms with Crippen LogP contribution in [-0.2, 0) is 11.3 Å². The predicted molar refractivity (Wildman–Crippen MR) is 81.0 cm³/mol. The first kappa shape index (κ1) is 13.8. The Labute approximate surface area is 122 Å². The van der Waals surface area contributed by atoms with E-state index in [1.165, 1.54) is 0 Å². The number of rotatable bonds is 4. The van der Waals surface area contributed by atoms with Crippen molar-refractivity contribution in [2.45, 2.75) is 11.4 Å². The largest absolute Gasteiger partial charge is 0.340 e. The molecule has 98 valence electrons. The molecule has 0 N–H and O–H groups in total. The molecule has 2 aromatic carbocycles. The van der Waals surface area contributed by atoms with Crippen LogP contribution in [0, 0.1) is 0 Å². The summed E-state index contributed by atoms with van der Waals surface area (Å²) in [5.41, 5.74) is 2.11. The molecule has 0 radical (unpaired) electrons. The van der Waals surface area contributed by atoms with Crippen molar-refractivity contribution in [3.05, 3.63) is 71.8 Å². The fourth-order valence-corrected chi connectivity index (χ4v) is 2.55. The minimum absolute atomic E-state index is 0.0649. The normalized spacial score (nSPS) is 11.9. The molecule has 2 aromatic rings. The summed E-state index contributed by atoms with van der Waals surface area (Å²) in [5, 5.41) is 0. The minimum Gasteiger partial charge on any atom is -0.340 e. The first-order valence-corrected chi connectivity index (χ1v) is 7.08. The molecular formula is C16H16BrNO. The molecule has 2 nitrogen and oxygen atoms in total. The van der Waals surface area contributed by atoms with Gasteiger partial charge in [0.15, 0.2) is 0 Å². The van der Waals surface area contributed by atoms with E-state index in [-0.39, 0.29) is 10.7 Å². The van der Waals surface area contributed by atoms with Gasteiger partial charge in [0.2, 0.25) is 5.91 Å². The highest BCUT2D eigenvalue weighted by molar-refractivity contribution is 9.09. The maximum Gasteiger partial charge on any atom is 0.240 e. The van der Waals surface area contributed by atoms with Crippen LogP contribution in [0.5, 0.6) is 0 Å². The number of carbonyl (C=O) groups excluding carboxylic acids is 1. The van der Waals surface area contributed by atoms with E-state index in [0.717, 1.165) is 11.1 Å². The summed E-state index contributed by atoms with van der Waals surface area (Å²) in [4.78, 5) is 13.8. The Kier molecular flexibility index (Phi) is 4.74. The van der Waals surface area contributed by atoms with Crippen molar-refractivity contribution >= 4 is 21.8 Å². The summed E-state index contributed by atoms with van der Waals surface area (Å²) < 4.78 is 0. The Morgan fingerprint density at radius 2 is 1.58 bits per heavy atom. The Morgan fingerprint density at radius 1 is 1.05 bits per heavy atom. The van der Waals surface area contributed by atoms with E-state index in [1.807, 2.05) is 67.7 Å². The van der Waals surface area contributed by atoms with Gasteiger partial charge in [-0.2, -0.15) is 0 Å². The molecule has 3 heteroatoms. The number of hydrogen-bond acceptors (Lipinski definition) is 1. The van der Waals surface area contributed by atoms with Crippen LogP contribution in [-0.4, -0.2) is 17.9 Å². The maximum absolute atomic E-state index is 12.3. The molecule has 1 atom stereocenters. The molecule has 0 aliphatic rings. The standard InChI is InChI=1S/C16H16BrNO/c1-18(12-13-8-4-2-5-9-13)16(19)15(17)14-10-6-3-7-11-14/h2-11,15H,12H2,1H3. The fourth-order valence-electron chi connectivity index (χ4n) is 1.89. The lowest BCUT2D eigenvalue weighted by molar-refractivity contribution is -0.129. The smallest absolute Gasteiger partial charge is 0.240 e. The van der Waals surface area contributed by atoms with Gasteiger partial charge in [-0.15, -0.1) is 0 Å². The first-order chi connectivity index (χ1) is 9.18. The molecule has 1 amide bonds. The summed E-state index contributed by atoms with van der Waals surface area (Å²) in [6.07, 6.45) is 0. The van der Waals surface area contributed by atoms with Crippen LogP contribution < -0.4 is 0 Å². The SMILES string of the molecule is CN(Cc1ccccc1)C(=O)C(Br)c1ccccc1. The molecule has 19 heavy (non-hydrogen) atoms. The van der Waals surface area contributed by atoms with Crippen LogP contribution in [0.3, 0.4) is 0 Å². The second-order valence-corrected chi connectivity index (χ2v) is 5.37. The third-order valence-corrected chi connectivity index (χ3v) is 3.87.